The minimum atomic E-state index is -4.33. The fraction of sp³-hybridized carbons (Fsp3) is 0.190. The molecule has 0 fully saturated rings. The maximum atomic E-state index is 12.5. The fourth-order valence-corrected chi connectivity index (χ4v) is 2.70. The van der Waals surface area contributed by atoms with Gasteiger partial charge in [0.05, 0.1) is 11.3 Å². The van der Waals surface area contributed by atoms with Gasteiger partial charge in [-0.1, -0.05) is 49.1 Å². The summed E-state index contributed by atoms with van der Waals surface area (Å²) < 4.78 is 50.1. The van der Waals surface area contributed by atoms with Crippen LogP contribution in [0.2, 0.25) is 0 Å². The van der Waals surface area contributed by atoms with Crippen molar-refractivity contribution >= 4 is 23.5 Å². The van der Waals surface area contributed by atoms with Crippen molar-refractivity contribution in [1.82, 2.24) is 4.98 Å². The Balaban J connectivity index is 0.000000337. The van der Waals surface area contributed by atoms with Gasteiger partial charge in [0, 0.05) is 10.4 Å². The maximum Gasteiger partial charge on any atom is 0.416 e. The van der Waals surface area contributed by atoms with Crippen LogP contribution in [0, 0.1) is 19.7 Å². The van der Waals surface area contributed by atoms with Crippen molar-refractivity contribution in [2.75, 3.05) is 0 Å². The number of rotatable bonds is 4. The van der Waals surface area contributed by atoms with E-state index >= 15 is 0 Å². The molecule has 0 saturated heterocycles. The molecule has 6 heteroatoms. The molecule has 1 nitrogen and oxygen atoms in total. The standard InChI is InChI=1S/C13H14F3NS.C8H7F/c1-4-6-11(13(14,15)16)7-5-8-12-17-9(2)10(3)18-12;1-2-7-5-3-4-6-8(7)9/h4-8H,1-3H3;2-6H,1H2/b6-4-,8-5+,11-7+;. The minimum Gasteiger partial charge on any atom is -0.242 e. The van der Waals surface area contributed by atoms with Gasteiger partial charge in [-0.3, -0.25) is 0 Å². The molecule has 2 aromatic rings. The summed E-state index contributed by atoms with van der Waals surface area (Å²) >= 11 is 1.46. The Morgan fingerprint density at radius 3 is 2.30 bits per heavy atom. The van der Waals surface area contributed by atoms with E-state index < -0.39 is 11.7 Å². The quantitative estimate of drug-likeness (QED) is 0.391. The van der Waals surface area contributed by atoms with Crippen molar-refractivity contribution in [3.05, 3.63) is 87.7 Å². The Kier molecular flexibility index (Phi) is 8.88. The molecule has 1 aromatic heterocycles. The molecule has 0 saturated carbocycles. The van der Waals surface area contributed by atoms with Crippen molar-refractivity contribution in [3.63, 3.8) is 0 Å². The highest BCUT2D eigenvalue weighted by molar-refractivity contribution is 7.12. The number of allylic oxidation sites excluding steroid dienone is 5. The molecule has 0 N–H and O–H groups in total. The molecule has 27 heavy (non-hydrogen) atoms. The predicted molar refractivity (Wildman–Crippen MR) is 106 cm³/mol. The van der Waals surface area contributed by atoms with E-state index in [1.165, 1.54) is 35.6 Å². The summed E-state index contributed by atoms with van der Waals surface area (Å²) in [6.45, 7) is 8.81. The van der Waals surface area contributed by atoms with Gasteiger partial charge >= 0.3 is 6.18 Å². The second kappa shape index (κ2) is 10.6. The SMILES string of the molecule is C=Cc1ccccc1F.C\C=C/C(=C\C=C\c1nc(C)c(C)s1)C(F)(F)F. The third kappa shape index (κ3) is 7.74. The van der Waals surface area contributed by atoms with Crippen LogP contribution in [0.1, 0.15) is 28.1 Å². The lowest BCUT2D eigenvalue weighted by Crippen LogP contribution is -2.09. The summed E-state index contributed by atoms with van der Waals surface area (Å²) in [6.07, 6.45) is 3.58. The lowest BCUT2D eigenvalue weighted by molar-refractivity contribution is -0.0881. The number of aromatic nitrogens is 1. The fourth-order valence-electron chi connectivity index (χ4n) is 1.87. The molecule has 0 radical (unpaired) electrons. The van der Waals surface area contributed by atoms with Gasteiger partial charge in [0.25, 0.3) is 0 Å². The van der Waals surface area contributed by atoms with Crippen LogP contribution in [-0.4, -0.2) is 11.2 Å². The molecule has 0 aliphatic carbocycles. The minimum absolute atomic E-state index is 0.215. The molecular weight excluding hydrogens is 374 g/mol. The Hall–Kier alpha value is -2.47. The second-order valence-corrected chi connectivity index (χ2v) is 6.63. The average Bonchev–Trinajstić information content (AvgIpc) is 2.92. The van der Waals surface area contributed by atoms with Crippen LogP contribution in [0.15, 0.2) is 60.7 Å². The zero-order valence-corrected chi connectivity index (χ0v) is 16.2. The molecular formula is C21H21F4NS. The van der Waals surface area contributed by atoms with Crippen molar-refractivity contribution in [3.8, 4) is 0 Å². The maximum absolute atomic E-state index is 12.5. The highest BCUT2D eigenvalue weighted by Crippen LogP contribution is 2.27. The second-order valence-electron chi connectivity index (χ2n) is 5.40. The van der Waals surface area contributed by atoms with Crippen LogP contribution in [0.25, 0.3) is 12.2 Å². The molecule has 0 spiro atoms. The third-order valence-corrected chi connectivity index (χ3v) is 4.40. The summed E-state index contributed by atoms with van der Waals surface area (Å²) in [5.74, 6) is -0.215. The highest BCUT2D eigenvalue weighted by Gasteiger charge is 2.30. The number of thiazole rings is 1. The number of aryl methyl sites for hydroxylation is 2. The van der Waals surface area contributed by atoms with E-state index in [2.05, 4.69) is 11.6 Å². The number of hydrogen-bond donors (Lipinski definition) is 0. The van der Waals surface area contributed by atoms with Gasteiger partial charge in [0.2, 0.25) is 0 Å². The summed E-state index contributed by atoms with van der Waals surface area (Å²) in [7, 11) is 0. The number of alkyl halides is 3. The van der Waals surface area contributed by atoms with Crippen LogP contribution in [0.3, 0.4) is 0 Å². The van der Waals surface area contributed by atoms with Crippen molar-refractivity contribution in [2.45, 2.75) is 26.9 Å². The summed E-state index contributed by atoms with van der Waals surface area (Å²) in [5, 5.41) is 0.711. The third-order valence-electron chi connectivity index (χ3n) is 3.36. The van der Waals surface area contributed by atoms with E-state index in [1.54, 1.807) is 31.2 Å². The first-order valence-corrected chi connectivity index (χ1v) is 8.90. The van der Waals surface area contributed by atoms with E-state index in [0.717, 1.165) is 22.7 Å². The van der Waals surface area contributed by atoms with Gasteiger partial charge in [-0.05, 0) is 39.0 Å². The molecule has 0 bridgehead atoms. The lowest BCUT2D eigenvalue weighted by atomic mass is 10.2. The lowest BCUT2D eigenvalue weighted by Gasteiger charge is -2.05. The van der Waals surface area contributed by atoms with Crippen molar-refractivity contribution < 1.29 is 17.6 Å². The van der Waals surface area contributed by atoms with Crippen LogP contribution in [-0.2, 0) is 0 Å². The van der Waals surface area contributed by atoms with E-state index in [-0.39, 0.29) is 5.82 Å². The van der Waals surface area contributed by atoms with Crippen LogP contribution in [0.5, 0.6) is 0 Å². The van der Waals surface area contributed by atoms with Gasteiger partial charge in [-0.2, -0.15) is 13.2 Å². The van der Waals surface area contributed by atoms with Gasteiger partial charge < -0.3 is 0 Å². The number of benzene rings is 1. The molecule has 0 aliphatic heterocycles. The van der Waals surface area contributed by atoms with E-state index in [1.807, 2.05) is 13.8 Å². The summed E-state index contributed by atoms with van der Waals surface area (Å²) in [5.41, 5.74) is 0.789. The zero-order chi connectivity index (χ0) is 20.4. The summed E-state index contributed by atoms with van der Waals surface area (Å²) in [4.78, 5) is 5.29. The zero-order valence-electron chi connectivity index (χ0n) is 15.3. The molecule has 1 aromatic carbocycles. The van der Waals surface area contributed by atoms with Gasteiger partial charge in [-0.25, -0.2) is 9.37 Å². The predicted octanol–water partition coefficient (Wildman–Crippen LogP) is 7.31. The van der Waals surface area contributed by atoms with Gasteiger partial charge in [0.1, 0.15) is 10.8 Å². The first-order valence-electron chi connectivity index (χ1n) is 8.08. The van der Waals surface area contributed by atoms with Crippen LogP contribution in [0.4, 0.5) is 17.6 Å². The number of halogens is 4. The summed E-state index contributed by atoms with van der Waals surface area (Å²) in [6, 6.07) is 6.53. The Labute approximate surface area is 161 Å². The van der Waals surface area contributed by atoms with Crippen molar-refractivity contribution in [2.24, 2.45) is 0 Å². The first kappa shape index (κ1) is 22.6. The topological polar surface area (TPSA) is 12.9 Å². The van der Waals surface area contributed by atoms with Crippen molar-refractivity contribution in [1.29, 1.82) is 0 Å². The molecule has 2 rings (SSSR count). The Morgan fingerprint density at radius 1 is 1.19 bits per heavy atom. The Bertz CT molecular complexity index is 823. The van der Waals surface area contributed by atoms with Gasteiger partial charge in [0.15, 0.2) is 0 Å². The number of hydrogen-bond acceptors (Lipinski definition) is 2. The molecule has 1 heterocycles. The van der Waals surface area contributed by atoms with Crippen LogP contribution >= 0.6 is 11.3 Å². The van der Waals surface area contributed by atoms with E-state index in [4.69, 9.17) is 0 Å². The smallest absolute Gasteiger partial charge is 0.242 e. The first-order chi connectivity index (χ1) is 12.7. The molecule has 0 amide bonds. The molecule has 0 unspecified atom stereocenters. The average molecular weight is 395 g/mol. The van der Waals surface area contributed by atoms with Crippen LogP contribution < -0.4 is 0 Å². The Morgan fingerprint density at radius 2 is 1.85 bits per heavy atom. The highest BCUT2D eigenvalue weighted by atomic mass is 32.1. The van der Waals surface area contributed by atoms with E-state index in [0.29, 0.717) is 10.6 Å². The molecule has 0 aliphatic rings. The number of nitrogens with zero attached hydrogens (tertiary/aromatic N) is 1. The van der Waals surface area contributed by atoms with Gasteiger partial charge in [-0.15, -0.1) is 11.3 Å². The van der Waals surface area contributed by atoms with E-state index in [9.17, 15) is 17.6 Å². The molecule has 0 atom stereocenters. The molecule has 144 valence electrons. The normalized spacial score (nSPS) is 12.3. The largest absolute Gasteiger partial charge is 0.416 e. The monoisotopic (exact) mass is 395 g/mol.